The fourth-order valence-corrected chi connectivity index (χ4v) is 3.19. The zero-order chi connectivity index (χ0) is 19.4. The highest BCUT2D eigenvalue weighted by molar-refractivity contribution is 8.00. The lowest BCUT2D eigenvalue weighted by Crippen LogP contribution is -2.22. The van der Waals surface area contributed by atoms with Crippen LogP contribution < -0.4 is 10.1 Å². The molecular formula is C20H21N3O3S. The van der Waals surface area contributed by atoms with Crippen molar-refractivity contribution < 1.29 is 13.9 Å². The molecule has 1 N–H and O–H groups in total. The number of aryl methyl sites for hydroxylation is 2. The number of rotatable bonds is 6. The first-order valence-corrected chi connectivity index (χ1v) is 9.37. The lowest BCUT2D eigenvalue weighted by atomic mass is 10.1. The number of hydrogen-bond acceptors (Lipinski definition) is 6. The Bertz CT molecular complexity index is 955. The van der Waals surface area contributed by atoms with Gasteiger partial charge in [0, 0.05) is 5.56 Å². The molecule has 140 valence electrons. The van der Waals surface area contributed by atoms with Gasteiger partial charge in [0.15, 0.2) is 0 Å². The van der Waals surface area contributed by atoms with Crippen molar-refractivity contribution in [3.8, 4) is 17.2 Å². The summed E-state index contributed by atoms with van der Waals surface area (Å²) >= 11 is 1.22. The van der Waals surface area contributed by atoms with E-state index in [0.717, 1.165) is 16.7 Å². The minimum Gasteiger partial charge on any atom is -0.495 e. The fraction of sp³-hybridized carbons (Fsp3) is 0.250. The molecule has 0 spiro atoms. The number of nitrogens with zero attached hydrogens (tertiary/aromatic N) is 2. The smallest absolute Gasteiger partial charge is 0.277 e. The summed E-state index contributed by atoms with van der Waals surface area (Å²) in [5.41, 5.74) is 3.64. The number of thioether (sulfide) groups is 1. The first-order valence-electron chi connectivity index (χ1n) is 8.49. The summed E-state index contributed by atoms with van der Waals surface area (Å²) in [6.45, 7) is 5.75. The van der Waals surface area contributed by atoms with Crippen molar-refractivity contribution in [2.24, 2.45) is 0 Å². The van der Waals surface area contributed by atoms with Crippen LogP contribution in [-0.2, 0) is 4.79 Å². The molecule has 0 aliphatic carbocycles. The Labute approximate surface area is 162 Å². The van der Waals surface area contributed by atoms with Gasteiger partial charge in [-0.1, -0.05) is 35.5 Å². The maximum Gasteiger partial charge on any atom is 0.277 e. The second-order valence-corrected chi connectivity index (χ2v) is 7.49. The first kappa shape index (κ1) is 19.0. The van der Waals surface area contributed by atoms with E-state index in [2.05, 4.69) is 15.5 Å². The van der Waals surface area contributed by atoms with Crippen LogP contribution in [0.4, 0.5) is 5.69 Å². The molecular weight excluding hydrogens is 362 g/mol. The second-order valence-electron chi connectivity index (χ2n) is 6.20. The highest BCUT2D eigenvalue weighted by atomic mass is 32.2. The zero-order valence-corrected chi connectivity index (χ0v) is 16.5. The van der Waals surface area contributed by atoms with Crippen LogP contribution in [0.1, 0.15) is 18.1 Å². The van der Waals surface area contributed by atoms with Crippen molar-refractivity contribution in [3.63, 3.8) is 0 Å². The maximum absolute atomic E-state index is 12.5. The molecule has 0 aliphatic heterocycles. The van der Waals surface area contributed by atoms with Gasteiger partial charge < -0.3 is 14.5 Å². The molecule has 0 bridgehead atoms. The van der Waals surface area contributed by atoms with Crippen LogP contribution in [0, 0.1) is 13.8 Å². The Morgan fingerprint density at radius 3 is 2.67 bits per heavy atom. The summed E-state index contributed by atoms with van der Waals surface area (Å²) < 4.78 is 11.0. The van der Waals surface area contributed by atoms with Gasteiger partial charge in [0.2, 0.25) is 11.8 Å². The van der Waals surface area contributed by atoms with Gasteiger partial charge >= 0.3 is 0 Å². The van der Waals surface area contributed by atoms with Crippen molar-refractivity contribution in [2.75, 3.05) is 12.4 Å². The Hall–Kier alpha value is -2.80. The van der Waals surface area contributed by atoms with E-state index >= 15 is 0 Å². The number of ether oxygens (including phenoxy) is 1. The lowest BCUT2D eigenvalue weighted by Gasteiger charge is -2.13. The van der Waals surface area contributed by atoms with E-state index in [-0.39, 0.29) is 5.91 Å². The van der Waals surface area contributed by atoms with Crippen molar-refractivity contribution in [1.82, 2.24) is 10.2 Å². The third-order valence-electron chi connectivity index (χ3n) is 3.93. The Morgan fingerprint density at radius 2 is 1.93 bits per heavy atom. The molecule has 0 unspecified atom stereocenters. The summed E-state index contributed by atoms with van der Waals surface area (Å²) in [5, 5.41) is 10.9. The molecule has 2 aromatic carbocycles. The van der Waals surface area contributed by atoms with Crippen LogP contribution in [0.5, 0.6) is 5.75 Å². The summed E-state index contributed by atoms with van der Waals surface area (Å²) in [6, 6.07) is 13.5. The summed E-state index contributed by atoms with van der Waals surface area (Å²) in [4.78, 5) is 12.5. The van der Waals surface area contributed by atoms with Crippen LogP contribution in [0.25, 0.3) is 11.5 Å². The predicted molar refractivity (Wildman–Crippen MR) is 106 cm³/mol. The van der Waals surface area contributed by atoms with Crippen LogP contribution >= 0.6 is 11.8 Å². The number of carbonyl (C=O) groups is 1. The molecule has 3 aromatic rings. The van der Waals surface area contributed by atoms with Gasteiger partial charge in [-0.25, -0.2) is 0 Å². The molecule has 0 saturated carbocycles. The third kappa shape index (κ3) is 4.68. The van der Waals surface area contributed by atoms with Crippen LogP contribution in [0.2, 0.25) is 0 Å². The number of nitrogens with one attached hydrogen (secondary N) is 1. The SMILES string of the molecule is COc1ccc(C)cc1NC(=O)[C@H](C)Sc1nnc(-c2cccc(C)c2)o1. The van der Waals surface area contributed by atoms with E-state index < -0.39 is 5.25 Å². The molecule has 1 amide bonds. The van der Waals surface area contributed by atoms with Gasteiger partial charge in [-0.2, -0.15) is 0 Å². The standard InChI is InChI=1S/C20H21N3O3S/c1-12-6-5-7-15(10-12)19-22-23-20(26-19)27-14(3)18(24)21-16-11-13(2)8-9-17(16)25-4/h5-11,14H,1-4H3,(H,21,24)/t14-/m0/s1. The van der Waals surface area contributed by atoms with Gasteiger partial charge in [0.05, 0.1) is 18.0 Å². The number of benzene rings is 2. The minimum atomic E-state index is -0.416. The topological polar surface area (TPSA) is 77.2 Å². The third-order valence-corrected chi connectivity index (χ3v) is 4.87. The monoisotopic (exact) mass is 383 g/mol. The van der Waals surface area contributed by atoms with E-state index in [1.807, 2.05) is 56.3 Å². The van der Waals surface area contributed by atoms with Crippen molar-refractivity contribution in [2.45, 2.75) is 31.2 Å². The highest BCUT2D eigenvalue weighted by Crippen LogP contribution is 2.29. The number of hydrogen-bond donors (Lipinski definition) is 1. The average molecular weight is 383 g/mol. The van der Waals surface area contributed by atoms with Crippen LogP contribution in [-0.4, -0.2) is 28.5 Å². The van der Waals surface area contributed by atoms with Crippen LogP contribution in [0.3, 0.4) is 0 Å². The van der Waals surface area contributed by atoms with Gasteiger partial charge in [-0.05, 0) is 50.6 Å². The van der Waals surface area contributed by atoms with Crippen molar-refractivity contribution in [1.29, 1.82) is 0 Å². The molecule has 0 fully saturated rings. The molecule has 3 rings (SSSR count). The molecule has 27 heavy (non-hydrogen) atoms. The fourth-order valence-electron chi connectivity index (χ4n) is 2.51. The van der Waals surface area contributed by atoms with Gasteiger partial charge in [-0.15, -0.1) is 10.2 Å². The Morgan fingerprint density at radius 1 is 1.15 bits per heavy atom. The molecule has 7 heteroatoms. The molecule has 0 saturated heterocycles. The highest BCUT2D eigenvalue weighted by Gasteiger charge is 2.20. The van der Waals surface area contributed by atoms with Crippen molar-refractivity contribution >= 4 is 23.4 Å². The van der Waals surface area contributed by atoms with E-state index in [0.29, 0.717) is 22.6 Å². The minimum absolute atomic E-state index is 0.167. The van der Waals surface area contributed by atoms with Gasteiger partial charge in [0.1, 0.15) is 5.75 Å². The maximum atomic E-state index is 12.5. The van der Waals surface area contributed by atoms with Crippen LogP contribution in [0.15, 0.2) is 52.1 Å². The van der Waals surface area contributed by atoms with Gasteiger partial charge in [0.25, 0.3) is 5.22 Å². The van der Waals surface area contributed by atoms with Crippen molar-refractivity contribution in [3.05, 3.63) is 53.6 Å². The number of anilines is 1. The summed E-state index contributed by atoms with van der Waals surface area (Å²) in [7, 11) is 1.57. The van der Waals surface area contributed by atoms with E-state index in [1.165, 1.54) is 11.8 Å². The first-order chi connectivity index (χ1) is 13.0. The predicted octanol–water partition coefficient (Wildman–Crippen LogP) is 4.48. The Kier molecular flexibility index (Phi) is 5.81. The number of aromatic nitrogens is 2. The zero-order valence-electron chi connectivity index (χ0n) is 15.6. The molecule has 1 atom stereocenters. The largest absolute Gasteiger partial charge is 0.495 e. The summed E-state index contributed by atoms with van der Waals surface area (Å²) in [6.07, 6.45) is 0. The second kappa shape index (κ2) is 8.26. The molecule has 1 heterocycles. The number of amides is 1. The normalized spacial score (nSPS) is 11.9. The molecule has 1 aromatic heterocycles. The number of carbonyl (C=O) groups excluding carboxylic acids is 1. The number of methoxy groups -OCH3 is 1. The Balaban J connectivity index is 1.68. The van der Waals surface area contributed by atoms with E-state index in [9.17, 15) is 4.79 Å². The summed E-state index contributed by atoms with van der Waals surface area (Å²) in [5.74, 6) is 0.888. The molecule has 6 nitrogen and oxygen atoms in total. The molecule has 0 radical (unpaired) electrons. The average Bonchev–Trinajstić information content (AvgIpc) is 3.10. The quantitative estimate of drug-likeness (QED) is 0.632. The van der Waals surface area contributed by atoms with E-state index in [4.69, 9.17) is 9.15 Å². The van der Waals surface area contributed by atoms with E-state index in [1.54, 1.807) is 14.0 Å². The molecule has 0 aliphatic rings. The lowest BCUT2D eigenvalue weighted by molar-refractivity contribution is -0.115. The van der Waals surface area contributed by atoms with Gasteiger partial charge in [-0.3, -0.25) is 4.79 Å².